The summed E-state index contributed by atoms with van der Waals surface area (Å²) in [6, 6.07) is 0. The number of hydrogen-bond donors (Lipinski definition) is 2. The molecule has 0 aromatic carbocycles. The summed E-state index contributed by atoms with van der Waals surface area (Å²) < 4.78 is 38.2. The molecule has 0 aromatic rings. The number of hydrogen-bond acceptors (Lipinski definition) is 4. The van der Waals surface area contributed by atoms with Crippen molar-refractivity contribution in [3.05, 3.63) is 0 Å². The van der Waals surface area contributed by atoms with Crippen molar-refractivity contribution in [2.75, 3.05) is 13.2 Å². The third-order valence-corrected chi connectivity index (χ3v) is 4.57. The predicted molar refractivity (Wildman–Crippen MR) is 73.3 cm³/mol. The fourth-order valence-electron chi connectivity index (χ4n) is 2.40. The fourth-order valence-corrected chi connectivity index (χ4v) is 2.95. The molecule has 2 rings (SSSR count). The van der Waals surface area contributed by atoms with Gasteiger partial charge in [-0.1, -0.05) is 0 Å². The summed E-state index contributed by atoms with van der Waals surface area (Å²) in [6.45, 7) is 0.945. The van der Waals surface area contributed by atoms with Gasteiger partial charge >= 0.3 is 0 Å². The van der Waals surface area contributed by atoms with Gasteiger partial charge in [0.1, 0.15) is 6.17 Å². The van der Waals surface area contributed by atoms with Crippen LogP contribution in [0.25, 0.3) is 0 Å². The van der Waals surface area contributed by atoms with Gasteiger partial charge in [0.2, 0.25) is 0 Å². The molecule has 0 N–H and O–H groups in total. The minimum absolute atomic E-state index is 0.00705. The van der Waals surface area contributed by atoms with Crippen molar-refractivity contribution >= 4 is 25.3 Å². The van der Waals surface area contributed by atoms with E-state index >= 15 is 0 Å². The summed E-state index contributed by atoms with van der Waals surface area (Å²) in [4.78, 5) is 0. The van der Waals surface area contributed by atoms with Gasteiger partial charge in [-0.15, -0.1) is 0 Å². The standard InChI is InChI=1S/C12H20F2O2S2/c13-11-9(3-4-10(18)12(11)14)16-5-7-1-2-8(17)6-15-7/h7-12,17-18H,1-6H2. The second-order valence-corrected chi connectivity index (χ2v) is 6.49. The maximum Gasteiger partial charge on any atom is 0.158 e. The van der Waals surface area contributed by atoms with Gasteiger partial charge < -0.3 is 9.47 Å². The Hall–Kier alpha value is 0.480. The monoisotopic (exact) mass is 298 g/mol. The summed E-state index contributed by atoms with van der Waals surface area (Å²) in [6.07, 6.45) is -0.828. The molecule has 2 nitrogen and oxygen atoms in total. The number of halogens is 2. The molecule has 2 fully saturated rings. The van der Waals surface area contributed by atoms with Crippen LogP contribution in [-0.2, 0) is 9.47 Å². The van der Waals surface area contributed by atoms with Crippen LogP contribution in [0.4, 0.5) is 8.78 Å². The Balaban J connectivity index is 1.73. The zero-order chi connectivity index (χ0) is 13.1. The van der Waals surface area contributed by atoms with Gasteiger partial charge in [-0.3, -0.25) is 0 Å². The SMILES string of the molecule is FC1C(S)CCC(OCC2CCC(S)CO2)C1F. The fraction of sp³-hybridized carbons (Fsp3) is 1.00. The molecule has 0 radical (unpaired) electrons. The molecular weight excluding hydrogens is 278 g/mol. The van der Waals surface area contributed by atoms with Gasteiger partial charge in [0.15, 0.2) is 6.17 Å². The molecule has 106 valence electrons. The molecule has 0 spiro atoms. The van der Waals surface area contributed by atoms with E-state index in [1.54, 1.807) is 0 Å². The van der Waals surface area contributed by atoms with Crippen molar-refractivity contribution in [1.82, 2.24) is 0 Å². The molecule has 6 atom stereocenters. The number of thiol groups is 2. The average molecular weight is 298 g/mol. The van der Waals surface area contributed by atoms with Crippen LogP contribution in [0, 0.1) is 0 Å². The highest BCUT2D eigenvalue weighted by Crippen LogP contribution is 2.30. The molecule has 18 heavy (non-hydrogen) atoms. The van der Waals surface area contributed by atoms with Gasteiger partial charge in [0, 0.05) is 10.5 Å². The molecule has 1 saturated heterocycles. The predicted octanol–water partition coefficient (Wildman–Crippen LogP) is 2.62. The summed E-state index contributed by atoms with van der Waals surface area (Å²) in [7, 11) is 0. The number of rotatable bonds is 3. The van der Waals surface area contributed by atoms with Crippen LogP contribution >= 0.6 is 25.3 Å². The van der Waals surface area contributed by atoms with E-state index in [1.807, 2.05) is 0 Å². The van der Waals surface area contributed by atoms with Crippen LogP contribution in [0.15, 0.2) is 0 Å². The second-order valence-electron chi connectivity index (χ2n) is 5.09. The first-order valence-electron chi connectivity index (χ1n) is 6.45. The lowest BCUT2D eigenvalue weighted by Crippen LogP contribution is -2.44. The van der Waals surface area contributed by atoms with E-state index in [2.05, 4.69) is 25.3 Å². The normalized spacial score (nSPS) is 46.0. The lowest BCUT2D eigenvalue weighted by atomic mass is 9.93. The molecule has 0 aromatic heterocycles. The quantitative estimate of drug-likeness (QED) is 0.780. The van der Waals surface area contributed by atoms with Crippen molar-refractivity contribution in [3.8, 4) is 0 Å². The highest BCUT2D eigenvalue weighted by Gasteiger charge is 2.39. The van der Waals surface area contributed by atoms with Crippen molar-refractivity contribution in [3.63, 3.8) is 0 Å². The molecule has 0 bridgehead atoms. The Labute approximate surface area is 118 Å². The summed E-state index contributed by atoms with van der Waals surface area (Å²) in [5.74, 6) is 0. The topological polar surface area (TPSA) is 18.5 Å². The maximum atomic E-state index is 13.7. The minimum Gasteiger partial charge on any atom is -0.375 e. The first kappa shape index (κ1) is 14.9. The summed E-state index contributed by atoms with van der Waals surface area (Å²) in [5, 5.41) is -0.222. The van der Waals surface area contributed by atoms with Crippen LogP contribution < -0.4 is 0 Å². The van der Waals surface area contributed by atoms with Gasteiger partial charge in [0.05, 0.1) is 25.4 Å². The van der Waals surface area contributed by atoms with Gasteiger partial charge in [0.25, 0.3) is 0 Å². The van der Waals surface area contributed by atoms with E-state index in [9.17, 15) is 8.78 Å². The molecule has 1 aliphatic carbocycles. The zero-order valence-corrected chi connectivity index (χ0v) is 12.0. The van der Waals surface area contributed by atoms with Crippen molar-refractivity contribution < 1.29 is 18.3 Å². The van der Waals surface area contributed by atoms with Crippen LogP contribution in [0.3, 0.4) is 0 Å². The number of alkyl halides is 2. The third-order valence-electron chi connectivity index (χ3n) is 3.62. The van der Waals surface area contributed by atoms with E-state index in [0.29, 0.717) is 26.1 Å². The van der Waals surface area contributed by atoms with E-state index in [-0.39, 0.29) is 11.4 Å². The van der Waals surface area contributed by atoms with E-state index < -0.39 is 23.7 Å². The Morgan fingerprint density at radius 1 is 1.06 bits per heavy atom. The Morgan fingerprint density at radius 2 is 1.83 bits per heavy atom. The van der Waals surface area contributed by atoms with Crippen molar-refractivity contribution in [2.45, 2.75) is 60.7 Å². The maximum absolute atomic E-state index is 13.7. The first-order chi connectivity index (χ1) is 8.58. The molecule has 2 aliphatic rings. The minimum atomic E-state index is -1.57. The van der Waals surface area contributed by atoms with Crippen LogP contribution in [0.1, 0.15) is 25.7 Å². The number of ether oxygens (including phenoxy) is 2. The molecule has 1 heterocycles. The van der Waals surface area contributed by atoms with E-state index in [4.69, 9.17) is 9.47 Å². The summed E-state index contributed by atoms with van der Waals surface area (Å²) >= 11 is 8.36. The lowest BCUT2D eigenvalue weighted by molar-refractivity contribution is -0.1000. The van der Waals surface area contributed by atoms with Crippen molar-refractivity contribution in [2.24, 2.45) is 0 Å². The average Bonchev–Trinajstić information content (AvgIpc) is 2.37. The molecular formula is C12H20F2O2S2. The third kappa shape index (κ3) is 3.74. The second kappa shape index (κ2) is 6.77. The lowest BCUT2D eigenvalue weighted by Gasteiger charge is -2.34. The van der Waals surface area contributed by atoms with Crippen LogP contribution in [0.2, 0.25) is 0 Å². The smallest absolute Gasteiger partial charge is 0.158 e. The molecule has 0 amide bonds. The van der Waals surface area contributed by atoms with Crippen LogP contribution in [-0.4, -0.2) is 48.3 Å². The largest absolute Gasteiger partial charge is 0.375 e. The molecule has 6 unspecified atom stereocenters. The Bertz CT molecular complexity index is 262. The van der Waals surface area contributed by atoms with E-state index in [1.165, 1.54) is 0 Å². The van der Waals surface area contributed by atoms with Gasteiger partial charge in [-0.2, -0.15) is 25.3 Å². The molecule has 1 saturated carbocycles. The first-order valence-corrected chi connectivity index (χ1v) is 7.48. The van der Waals surface area contributed by atoms with Crippen molar-refractivity contribution in [1.29, 1.82) is 0 Å². The Kier molecular flexibility index (Phi) is 5.60. The Morgan fingerprint density at radius 3 is 2.50 bits per heavy atom. The molecule has 6 heteroatoms. The summed E-state index contributed by atoms with van der Waals surface area (Å²) in [5.41, 5.74) is 0. The van der Waals surface area contributed by atoms with E-state index in [0.717, 1.165) is 12.8 Å². The van der Waals surface area contributed by atoms with Crippen LogP contribution in [0.5, 0.6) is 0 Å². The van der Waals surface area contributed by atoms with Gasteiger partial charge in [-0.25, -0.2) is 8.78 Å². The molecule has 1 aliphatic heterocycles. The zero-order valence-electron chi connectivity index (χ0n) is 10.2. The highest BCUT2D eigenvalue weighted by molar-refractivity contribution is 7.81. The highest BCUT2D eigenvalue weighted by atomic mass is 32.1. The van der Waals surface area contributed by atoms with Gasteiger partial charge in [-0.05, 0) is 25.7 Å².